The average molecular weight is 454 g/mol. The first-order valence-corrected chi connectivity index (χ1v) is 9.98. The number of hydrogen-bond donors (Lipinski definition) is 2. The van der Waals surface area contributed by atoms with Gasteiger partial charge in [0.1, 0.15) is 29.8 Å². The van der Waals surface area contributed by atoms with Crippen LogP contribution < -0.4 is 15.2 Å². The summed E-state index contributed by atoms with van der Waals surface area (Å²) >= 11 is 0. The number of aliphatic hydroxyl groups excluding tert-OH is 2. The highest BCUT2D eigenvalue weighted by Crippen LogP contribution is 2.34. The van der Waals surface area contributed by atoms with E-state index in [1.165, 1.54) is 30.2 Å². The number of pyridine rings is 1. The van der Waals surface area contributed by atoms with E-state index < -0.39 is 29.6 Å². The van der Waals surface area contributed by atoms with E-state index in [0.29, 0.717) is 22.4 Å². The molecule has 0 amide bonds. The van der Waals surface area contributed by atoms with Crippen LogP contribution in [-0.2, 0) is 0 Å². The lowest BCUT2D eigenvalue weighted by Crippen LogP contribution is -2.30. The summed E-state index contributed by atoms with van der Waals surface area (Å²) in [5.41, 5.74) is -0.515. The summed E-state index contributed by atoms with van der Waals surface area (Å²) in [6, 6.07) is 12.9. The Labute approximate surface area is 187 Å². The first kappa shape index (κ1) is 22.3. The van der Waals surface area contributed by atoms with Crippen molar-refractivity contribution in [1.29, 1.82) is 0 Å². The van der Waals surface area contributed by atoms with Crippen molar-refractivity contribution in [2.45, 2.75) is 0 Å². The summed E-state index contributed by atoms with van der Waals surface area (Å²) in [5, 5.41) is 19.5. The van der Waals surface area contributed by atoms with E-state index in [1.54, 1.807) is 24.3 Å². The second kappa shape index (κ2) is 9.31. The molecule has 0 saturated carbocycles. The maximum absolute atomic E-state index is 14.7. The number of hydrogen-bond acceptors (Lipinski definition) is 7. The van der Waals surface area contributed by atoms with Crippen molar-refractivity contribution in [2.24, 2.45) is 0 Å². The molecule has 8 nitrogen and oxygen atoms in total. The third kappa shape index (κ3) is 4.01. The van der Waals surface area contributed by atoms with Gasteiger partial charge in [0.05, 0.1) is 19.4 Å². The van der Waals surface area contributed by atoms with Crippen molar-refractivity contribution in [3.8, 4) is 22.7 Å². The Hall–Kier alpha value is -3.89. The van der Waals surface area contributed by atoms with Gasteiger partial charge in [0.15, 0.2) is 5.65 Å². The molecule has 0 bridgehead atoms. The molecular weight excluding hydrogens is 434 g/mol. The van der Waals surface area contributed by atoms with Gasteiger partial charge in [-0.1, -0.05) is 18.2 Å². The van der Waals surface area contributed by atoms with E-state index in [9.17, 15) is 23.8 Å². The summed E-state index contributed by atoms with van der Waals surface area (Å²) in [5.74, 6) is -1.47. The summed E-state index contributed by atoms with van der Waals surface area (Å²) in [7, 11) is 1.49. The van der Waals surface area contributed by atoms with Gasteiger partial charge >= 0.3 is 0 Å². The van der Waals surface area contributed by atoms with Crippen LogP contribution in [0.1, 0.15) is 0 Å². The molecule has 170 valence electrons. The standard InChI is InChI=1S/C23H20F2N4O4/c1-33-18-8-3-2-5-14(18)20-15-9-10-19(32)29(21-16(24)6-4-7-17(21)25)22(15)27-23(26-20)28(13-31)11-12-30/h2-10,30-31H,11-13H2,1H3. The molecule has 0 spiro atoms. The van der Waals surface area contributed by atoms with Crippen LogP contribution >= 0.6 is 0 Å². The van der Waals surface area contributed by atoms with Gasteiger partial charge < -0.3 is 19.8 Å². The minimum atomic E-state index is -0.946. The van der Waals surface area contributed by atoms with Gasteiger partial charge in [0.25, 0.3) is 5.56 Å². The maximum Gasteiger partial charge on any atom is 0.256 e. The lowest BCUT2D eigenvalue weighted by atomic mass is 10.1. The number of nitrogens with zero attached hydrogens (tertiary/aromatic N) is 4. The predicted octanol–water partition coefficient (Wildman–Crippen LogP) is 2.48. The normalized spacial score (nSPS) is 11.1. The van der Waals surface area contributed by atoms with Crippen molar-refractivity contribution in [2.75, 3.05) is 31.9 Å². The molecule has 0 saturated heterocycles. The van der Waals surface area contributed by atoms with Gasteiger partial charge in [-0.3, -0.25) is 9.36 Å². The van der Waals surface area contributed by atoms with Crippen molar-refractivity contribution in [3.63, 3.8) is 0 Å². The van der Waals surface area contributed by atoms with Crippen LogP contribution in [-0.4, -0.2) is 51.7 Å². The second-order valence-corrected chi connectivity index (χ2v) is 7.02. The molecular formula is C23H20F2N4O4. The highest BCUT2D eigenvalue weighted by Gasteiger charge is 2.22. The van der Waals surface area contributed by atoms with Gasteiger partial charge in [0, 0.05) is 23.6 Å². The third-order valence-electron chi connectivity index (χ3n) is 5.09. The number of anilines is 1. The monoisotopic (exact) mass is 454 g/mol. The van der Waals surface area contributed by atoms with Crippen LogP contribution in [0.15, 0.2) is 59.4 Å². The number of aliphatic hydroxyl groups is 2. The number of aromatic nitrogens is 3. The molecule has 0 unspecified atom stereocenters. The van der Waals surface area contributed by atoms with Crippen LogP contribution in [0.25, 0.3) is 28.0 Å². The van der Waals surface area contributed by atoms with Crippen LogP contribution in [0.4, 0.5) is 14.7 Å². The van der Waals surface area contributed by atoms with E-state index >= 15 is 0 Å². The zero-order valence-corrected chi connectivity index (χ0v) is 17.6. The average Bonchev–Trinajstić information content (AvgIpc) is 2.83. The Morgan fingerprint density at radius 1 is 1.00 bits per heavy atom. The van der Waals surface area contributed by atoms with E-state index in [2.05, 4.69) is 9.97 Å². The van der Waals surface area contributed by atoms with E-state index in [4.69, 9.17) is 4.74 Å². The van der Waals surface area contributed by atoms with Gasteiger partial charge in [0.2, 0.25) is 5.95 Å². The molecule has 4 rings (SSSR count). The predicted molar refractivity (Wildman–Crippen MR) is 119 cm³/mol. The van der Waals surface area contributed by atoms with E-state index in [-0.39, 0.29) is 24.7 Å². The molecule has 2 aromatic carbocycles. The lowest BCUT2D eigenvalue weighted by Gasteiger charge is -2.21. The molecule has 0 aliphatic rings. The molecule has 2 N–H and O–H groups in total. The second-order valence-electron chi connectivity index (χ2n) is 7.02. The topological polar surface area (TPSA) is 101 Å². The number of ether oxygens (including phenoxy) is 1. The molecule has 2 heterocycles. The minimum absolute atomic E-state index is 0.0154. The van der Waals surface area contributed by atoms with Crippen LogP contribution in [0.2, 0.25) is 0 Å². The molecule has 0 aliphatic heterocycles. The largest absolute Gasteiger partial charge is 0.496 e. The van der Waals surface area contributed by atoms with Crippen LogP contribution in [0.3, 0.4) is 0 Å². The van der Waals surface area contributed by atoms with Crippen molar-refractivity contribution >= 4 is 17.0 Å². The van der Waals surface area contributed by atoms with E-state index in [0.717, 1.165) is 16.7 Å². The molecule has 4 aromatic rings. The molecule has 10 heteroatoms. The molecule has 0 atom stereocenters. The summed E-state index contributed by atoms with van der Waals surface area (Å²) < 4.78 is 35.7. The number of methoxy groups -OCH3 is 1. The van der Waals surface area contributed by atoms with Gasteiger partial charge in [-0.15, -0.1) is 0 Å². The molecule has 2 aromatic heterocycles. The zero-order valence-electron chi connectivity index (χ0n) is 17.6. The number of benzene rings is 2. The van der Waals surface area contributed by atoms with Gasteiger partial charge in [-0.25, -0.2) is 13.8 Å². The molecule has 33 heavy (non-hydrogen) atoms. The molecule has 0 fully saturated rings. The Kier molecular flexibility index (Phi) is 6.29. The smallest absolute Gasteiger partial charge is 0.256 e. The quantitative estimate of drug-likeness (QED) is 0.414. The highest BCUT2D eigenvalue weighted by atomic mass is 19.1. The summed E-state index contributed by atoms with van der Waals surface area (Å²) in [6.45, 7) is -0.865. The highest BCUT2D eigenvalue weighted by molar-refractivity contribution is 5.93. The van der Waals surface area contributed by atoms with Crippen molar-refractivity contribution in [1.82, 2.24) is 14.5 Å². The summed E-state index contributed by atoms with van der Waals surface area (Å²) in [6.07, 6.45) is 0. The number of fused-ring (bicyclic) bond motifs is 1. The van der Waals surface area contributed by atoms with Crippen molar-refractivity contribution < 1.29 is 23.7 Å². The molecule has 0 radical (unpaired) electrons. The first-order valence-electron chi connectivity index (χ1n) is 9.98. The number of rotatable bonds is 7. The first-order chi connectivity index (χ1) is 16.0. The van der Waals surface area contributed by atoms with Gasteiger partial charge in [-0.05, 0) is 30.3 Å². The molecule has 0 aliphatic carbocycles. The SMILES string of the molecule is COc1ccccc1-c1nc(N(CO)CCO)nc2c1ccc(=O)n2-c1c(F)cccc1F. The Balaban J connectivity index is 2.16. The minimum Gasteiger partial charge on any atom is -0.496 e. The zero-order chi connectivity index (χ0) is 23.5. The van der Waals surface area contributed by atoms with Gasteiger partial charge in [-0.2, -0.15) is 4.98 Å². The lowest BCUT2D eigenvalue weighted by molar-refractivity contribution is 0.256. The Morgan fingerprint density at radius 3 is 2.39 bits per heavy atom. The fraction of sp³-hybridized carbons (Fsp3) is 0.174. The van der Waals surface area contributed by atoms with Crippen LogP contribution in [0, 0.1) is 11.6 Å². The summed E-state index contributed by atoms with van der Waals surface area (Å²) in [4.78, 5) is 23.0. The fourth-order valence-corrected chi connectivity index (χ4v) is 3.56. The third-order valence-corrected chi connectivity index (χ3v) is 5.09. The van der Waals surface area contributed by atoms with Crippen LogP contribution in [0.5, 0.6) is 5.75 Å². The van der Waals surface area contributed by atoms with E-state index in [1.807, 2.05) is 0 Å². The Bertz CT molecular complexity index is 1360. The fourth-order valence-electron chi connectivity index (χ4n) is 3.56. The number of para-hydroxylation sites is 2. The maximum atomic E-state index is 14.7. The number of halogens is 2. The van der Waals surface area contributed by atoms with Crippen molar-refractivity contribution in [3.05, 3.63) is 76.6 Å². The Morgan fingerprint density at radius 2 is 1.73 bits per heavy atom.